The highest BCUT2D eigenvalue weighted by Crippen LogP contribution is 2.08. The van der Waals surface area contributed by atoms with Crippen LogP contribution in [0.4, 0.5) is 5.69 Å². The molecule has 1 amide bonds. The first kappa shape index (κ1) is 13.5. The van der Waals surface area contributed by atoms with Gasteiger partial charge in [-0.25, -0.2) is 0 Å². The van der Waals surface area contributed by atoms with Gasteiger partial charge in [-0.1, -0.05) is 0 Å². The molecule has 2 N–H and O–H groups in total. The Morgan fingerprint density at radius 2 is 2.00 bits per heavy atom. The van der Waals surface area contributed by atoms with Gasteiger partial charge >= 0.3 is 0 Å². The highest BCUT2D eigenvalue weighted by Gasteiger charge is 2.03. The number of anilines is 1. The molecule has 0 heterocycles. The fourth-order valence-corrected chi connectivity index (χ4v) is 1.46. The van der Waals surface area contributed by atoms with Crippen LogP contribution in [0.25, 0.3) is 0 Å². The van der Waals surface area contributed by atoms with Crippen molar-refractivity contribution in [1.29, 1.82) is 0 Å². The van der Waals surface area contributed by atoms with Crippen LogP contribution in [0.2, 0.25) is 0 Å². The summed E-state index contributed by atoms with van der Waals surface area (Å²) in [6.07, 6.45) is 0.831. The zero-order valence-corrected chi connectivity index (χ0v) is 10.5. The Bertz CT molecular complexity index is 336. The van der Waals surface area contributed by atoms with E-state index in [-0.39, 0.29) is 5.91 Å². The van der Waals surface area contributed by atoms with E-state index in [0.29, 0.717) is 18.7 Å². The summed E-state index contributed by atoms with van der Waals surface area (Å²) >= 11 is 0. The minimum atomic E-state index is -0.0378. The Labute approximate surface area is 102 Å². The quantitative estimate of drug-likeness (QED) is 0.711. The van der Waals surface area contributed by atoms with Gasteiger partial charge in [-0.15, -0.1) is 0 Å². The fraction of sp³-hybridized carbons (Fsp3) is 0.462. The summed E-state index contributed by atoms with van der Waals surface area (Å²) in [7, 11) is 1.65. The van der Waals surface area contributed by atoms with Crippen LogP contribution >= 0.6 is 0 Å². The lowest BCUT2D eigenvalue weighted by atomic mass is 10.2. The maximum absolute atomic E-state index is 11.7. The van der Waals surface area contributed by atoms with E-state index < -0.39 is 0 Å². The minimum absolute atomic E-state index is 0.0378. The summed E-state index contributed by atoms with van der Waals surface area (Å²) in [5.41, 5.74) is 1.72. The van der Waals surface area contributed by atoms with Crippen LogP contribution in [0.3, 0.4) is 0 Å². The first-order valence-electron chi connectivity index (χ1n) is 5.89. The molecule has 0 aliphatic rings. The SMILES string of the molecule is CCNc1ccc(C(=O)NCCCOC)cc1. The number of rotatable bonds is 7. The highest BCUT2D eigenvalue weighted by atomic mass is 16.5. The number of benzene rings is 1. The summed E-state index contributed by atoms with van der Waals surface area (Å²) in [6, 6.07) is 7.47. The first-order valence-corrected chi connectivity index (χ1v) is 5.89. The number of hydrogen-bond acceptors (Lipinski definition) is 3. The second-order valence-corrected chi connectivity index (χ2v) is 3.71. The van der Waals surface area contributed by atoms with Crippen molar-refractivity contribution in [3.8, 4) is 0 Å². The molecular weight excluding hydrogens is 216 g/mol. The third-order valence-electron chi connectivity index (χ3n) is 2.34. The fourth-order valence-electron chi connectivity index (χ4n) is 1.46. The van der Waals surface area contributed by atoms with E-state index in [4.69, 9.17) is 4.74 Å². The highest BCUT2D eigenvalue weighted by molar-refractivity contribution is 5.94. The molecule has 0 bridgehead atoms. The largest absolute Gasteiger partial charge is 0.385 e. The van der Waals surface area contributed by atoms with Gasteiger partial charge in [0.1, 0.15) is 0 Å². The van der Waals surface area contributed by atoms with E-state index in [0.717, 1.165) is 18.7 Å². The summed E-state index contributed by atoms with van der Waals surface area (Å²) in [6.45, 7) is 4.22. The Hall–Kier alpha value is -1.55. The van der Waals surface area contributed by atoms with E-state index in [1.165, 1.54) is 0 Å². The van der Waals surface area contributed by atoms with E-state index in [1.54, 1.807) is 7.11 Å². The molecule has 0 saturated heterocycles. The summed E-state index contributed by atoms with van der Waals surface area (Å²) in [4.78, 5) is 11.7. The van der Waals surface area contributed by atoms with Gasteiger partial charge in [0.15, 0.2) is 0 Å². The normalized spacial score (nSPS) is 10.0. The number of nitrogens with one attached hydrogen (secondary N) is 2. The molecule has 0 aliphatic carbocycles. The molecule has 4 heteroatoms. The molecule has 0 aliphatic heterocycles. The Kier molecular flexibility index (Phi) is 6.10. The van der Waals surface area contributed by atoms with E-state index >= 15 is 0 Å². The van der Waals surface area contributed by atoms with Gasteiger partial charge < -0.3 is 15.4 Å². The molecule has 1 aromatic rings. The predicted molar refractivity (Wildman–Crippen MR) is 69.4 cm³/mol. The van der Waals surface area contributed by atoms with Gasteiger partial charge in [0, 0.05) is 38.1 Å². The van der Waals surface area contributed by atoms with E-state index in [9.17, 15) is 4.79 Å². The molecular formula is C13H20N2O2. The van der Waals surface area contributed by atoms with Crippen LogP contribution in [0.15, 0.2) is 24.3 Å². The Morgan fingerprint density at radius 1 is 1.29 bits per heavy atom. The van der Waals surface area contributed by atoms with Gasteiger partial charge in [-0.3, -0.25) is 4.79 Å². The molecule has 94 valence electrons. The van der Waals surface area contributed by atoms with E-state index in [1.807, 2.05) is 31.2 Å². The van der Waals surface area contributed by atoms with Gasteiger partial charge in [-0.05, 0) is 37.6 Å². The monoisotopic (exact) mass is 236 g/mol. The second kappa shape index (κ2) is 7.68. The van der Waals surface area contributed by atoms with Gasteiger partial charge in [0.05, 0.1) is 0 Å². The molecule has 0 saturated carbocycles. The molecule has 4 nitrogen and oxygen atoms in total. The number of carbonyl (C=O) groups excluding carboxylic acids is 1. The van der Waals surface area contributed by atoms with Crippen molar-refractivity contribution in [2.24, 2.45) is 0 Å². The summed E-state index contributed by atoms with van der Waals surface area (Å²) < 4.78 is 4.91. The average molecular weight is 236 g/mol. The molecule has 0 aromatic heterocycles. The maximum atomic E-state index is 11.7. The van der Waals surface area contributed by atoms with Crippen LogP contribution in [0, 0.1) is 0 Å². The topological polar surface area (TPSA) is 50.4 Å². The molecule has 0 radical (unpaired) electrons. The molecule has 0 spiro atoms. The van der Waals surface area contributed by atoms with Crippen molar-refractivity contribution in [2.75, 3.05) is 32.1 Å². The van der Waals surface area contributed by atoms with Crippen molar-refractivity contribution in [2.45, 2.75) is 13.3 Å². The van der Waals surface area contributed by atoms with Crippen LogP contribution in [-0.4, -0.2) is 32.7 Å². The van der Waals surface area contributed by atoms with Crippen molar-refractivity contribution in [3.05, 3.63) is 29.8 Å². The maximum Gasteiger partial charge on any atom is 0.251 e. The second-order valence-electron chi connectivity index (χ2n) is 3.71. The third-order valence-corrected chi connectivity index (χ3v) is 2.34. The molecule has 17 heavy (non-hydrogen) atoms. The van der Waals surface area contributed by atoms with Crippen LogP contribution in [0.5, 0.6) is 0 Å². The minimum Gasteiger partial charge on any atom is -0.385 e. The smallest absolute Gasteiger partial charge is 0.251 e. The van der Waals surface area contributed by atoms with Crippen molar-refractivity contribution in [3.63, 3.8) is 0 Å². The Balaban J connectivity index is 2.40. The van der Waals surface area contributed by atoms with Crippen molar-refractivity contribution < 1.29 is 9.53 Å². The molecule has 0 atom stereocenters. The summed E-state index contributed by atoms with van der Waals surface area (Å²) in [5, 5.41) is 6.03. The van der Waals surface area contributed by atoms with Crippen LogP contribution in [0.1, 0.15) is 23.7 Å². The van der Waals surface area contributed by atoms with Gasteiger partial charge in [0.2, 0.25) is 0 Å². The van der Waals surface area contributed by atoms with Crippen LogP contribution in [-0.2, 0) is 4.74 Å². The zero-order valence-electron chi connectivity index (χ0n) is 10.5. The standard InChI is InChI=1S/C13H20N2O2/c1-3-14-12-7-5-11(6-8-12)13(16)15-9-4-10-17-2/h5-8,14H,3-4,9-10H2,1-2H3,(H,15,16). The van der Waals surface area contributed by atoms with E-state index in [2.05, 4.69) is 10.6 Å². The number of ether oxygens (including phenoxy) is 1. The number of methoxy groups -OCH3 is 1. The zero-order chi connectivity index (χ0) is 12.5. The first-order chi connectivity index (χ1) is 8.27. The number of amides is 1. The lowest BCUT2D eigenvalue weighted by molar-refractivity contribution is 0.0948. The lowest BCUT2D eigenvalue weighted by Gasteiger charge is -2.06. The predicted octanol–water partition coefficient (Wildman–Crippen LogP) is 1.88. The van der Waals surface area contributed by atoms with Gasteiger partial charge in [-0.2, -0.15) is 0 Å². The lowest BCUT2D eigenvalue weighted by Crippen LogP contribution is -2.25. The number of hydrogen-bond donors (Lipinski definition) is 2. The molecule has 1 rings (SSSR count). The summed E-state index contributed by atoms with van der Waals surface area (Å²) in [5.74, 6) is -0.0378. The third kappa shape index (κ3) is 4.87. The van der Waals surface area contributed by atoms with Gasteiger partial charge in [0.25, 0.3) is 5.91 Å². The van der Waals surface area contributed by atoms with Crippen molar-refractivity contribution >= 4 is 11.6 Å². The molecule has 1 aromatic carbocycles. The molecule has 0 unspecified atom stereocenters. The van der Waals surface area contributed by atoms with Crippen LogP contribution < -0.4 is 10.6 Å². The Morgan fingerprint density at radius 3 is 2.59 bits per heavy atom. The average Bonchev–Trinajstić information content (AvgIpc) is 2.36. The molecule has 0 fully saturated rings. The van der Waals surface area contributed by atoms with Crippen molar-refractivity contribution in [1.82, 2.24) is 5.32 Å². The number of carbonyl (C=O) groups is 1.